The van der Waals surface area contributed by atoms with Gasteiger partial charge < -0.3 is 10.1 Å². The van der Waals surface area contributed by atoms with Gasteiger partial charge in [-0.1, -0.05) is 23.7 Å². The summed E-state index contributed by atoms with van der Waals surface area (Å²) in [6.07, 6.45) is 1.38. The predicted molar refractivity (Wildman–Crippen MR) is 118 cm³/mol. The van der Waals surface area contributed by atoms with Crippen LogP contribution in [0, 0.1) is 5.92 Å². The summed E-state index contributed by atoms with van der Waals surface area (Å²) in [5.41, 5.74) is 1.38. The third kappa shape index (κ3) is 6.06. The smallest absolute Gasteiger partial charge is 0.310 e. The van der Waals surface area contributed by atoms with Gasteiger partial charge in [0.25, 0.3) is 0 Å². The fourth-order valence-corrected chi connectivity index (χ4v) is 5.11. The molecule has 2 aromatic carbocycles. The van der Waals surface area contributed by atoms with E-state index in [0.717, 1.165) is 5.56 Å². The Morgan fingerprint density at radius 1 is 1.13 bits per heavy atom. The van der Waals surface area contributed by atoms with Crippen molar-refractivity contribution in [1.82, 2.24) is 4.31 Å². The topological polar surface area (TPSA) is 92.8 Å². The second-order valence-electron chi connectivity index (χ2n) is 7.32. The number of nitrogens with one attached hydrogen (secondary N) is 1. The van der Waals surface area contributed by atoms with Crippen LogP contribution < -0.4 is 5.32 Å². The van der Waals surface area contributed by atoms with Crippen LogP contribution in [0.2, 0.25) is 5.02 Å². The molecule has 1 fully saturated rings. The van der Waals surface area contributed by atoms with Crippen molar-refractivity contribution in [3.05, 3.63) is 59.1 Å². The first-order valence-corrected chi connectivity index (χ1v) is 11.9. The average Bonchev–Trinajstić information content (AvgIpc) is 2.75. The van der Waals surface area contributed by atoms with Gasteiger partial charge in [-0.15, -0.1) is 0 Å². The lowest BCUT2D eigenvalue weighted by Gasteiger charge is -2.31. The standard InChI is InChI=1S/C22H25ClN2O5S/c1-2-30-21(26)14-16-5-9-19(10-6-16)24-22(27)17-4-3-13-25(15-17)31(28,29)20-11-7-18(23)8-12-20/h5-12,17H,2-4,13-15H2,1H3,(H,24,27). The van der Waals surface area contributed by atoms with Gasteiger partial charge in [0, 0.05) is 23.8 Å². The van der Waals surface area contributed by atoms with E-state index >= 15 is 0 Å². The first-order chi connectivity index (χ1) is 14.8. The van der Waals surface area contributed by atoms with Gasteiger partial charge in [-0.2, -0.15) is 4.31 Å². The third-order valence-electron chi connectivity index (χ3n) is 5.08. The van der Waals surface area contributed by atoms with E-state index in [2.05, 4.69) is 5.32 Å². The lowest BCUT2D eigenvalue weighted by Crippen LogP contribution is -2.43. The van der Waals surface area contributed by atoms with Gasteiger partial charge in [-0.05, 0) is 61.7 Å². The number of benzene rings is 2. The monoisotopic (exact) mass is 464 g/mol. The van der Waals surface area contributed by atoms with Crippen LogP contribution in [-0.4, -0.2) is 44.3 Å². The van der Waals surface area contributed by atoms with Crippen molar-refractivity contribution in [2.45, 2.75) is 31.1 Å². The van der Waals surface area contributed by atoms with Crippen molar-refractivity contribution in [2.24, 2.45) is 5.92 Å². The summed E-state index contributed by atoms with van der Waals surface area (Å²) >= 11 is 5.85. The number of carbonyl (C=O) groups is 2. The molecule has 1 heterocycles. The van der Waals surface area contributed by atoms with Gasteiger partial charge in [0.2, 0.25) is 15.9 Å². The third-order valence-corrected chi connectivity index (χ3v) is 7.21. The molecule has 0 saturated carbocycles. The maximum atomic E-state index is 12.9. The van der Waals surface area contributed by atoms with E-state index in [-0.39, 0.29) is 29.7 Å². The lowest BCUT2D eigenvalue weighted by atomic mass is 9.98. The zero-order chi connectivity index (χ0) is 22.4. The number of ether oxygens (including phenoxy) is 1. The lowest BCUT2D eigenvalue weighted by molar-refractivity contribution is -0.142. The minimum atomic E-state index is -3.69. The quantitative estimate of drug-likeness (QED) is 0.633. The maximum Gasteiger partial charge on any atom is 0.310 e. The van der Waals surface area contributed by atoms with Gasteiger partial charge in [0.15, 0.2) is 0 Å². The molecule has 1 atom stereocenters. The Hall–Kier alpha value is -2.42. The van der Waals surface area contributed by atoms with Crippen molar-refractivity contribution < 1.29 is 22.7 Å². The number of rotatable bonds is 7. The number of hydrogen-bond donors (Lipinski definition) is 1. The summed E-state index contributed by atoms with van der Waals surface area (Å²) in [6.45, 7) is 2.58. The molecule has 31 heavy (non-hydrogen) atoms. The Morgan fingerprint density at radius 2 is 1.81 bits per heavy atom. The molecule has 0 radical (unpaired) electrons. The van der Waals surface area contributed by atoms with Gasteiger partial charge in [0.05, 0.1) is 23.8 Å². The van der Waals surface area contributed by atoms with Crippen LogP contribution >= 0.6 is 11.6 Å². The summed E-state index contributed by atoms with van der Waals surface area (Å²) < 4.78 is 32.1. The second-order valence-corrected chi connectivity index (χ2v) is 9.70. The minimum absolute atomic E-state index is 0.123. The van der Waals surface area contributed by atoms with Crippen LogP contribution in [0.5, 0.6) is 0 Å². The van der Waals surface area contributed by atoms with Crippen LogP contribution in [0.15, 0.2) is 53.4 Å². The highest BCUT2D eigenvalue weighted by molar-refractivity contribution is 7.89. The van der Waals surface area contributed by atoms with E-state index in [0.29, 0.717) is 36.7 Å². The molecule has 1 N–H and O–H groups in total. The van der Waals surface area contributed by atoms with Crippen molar-refractivity contribution in [2.75, 3.05) is 25.0 Å². The molecule has 1 aliphatic rings. The summed E-state index contributed by atoms with van der Waals surface area (Å²) in [7, 11) is -3.69. The Labute approximate surface area is 187 Å². The fraction of sp³-hybridized carbons (Fsp3) is 0.364. The number of amides is 1. The van der Waals surface area contributed by atoms with E-state index in [1.807, 2.05) is 0 Å². The van der Waals surface area contributed by atoms with Gasteiger partial charge in [0.1, 0.15) is 0 Å². The number of anilines is 1. The van der Waals surface area contributed by atoms with Crippen LogP contribution in [0.4, 0.5) is 5.69 Å². The first kappa shape index (κ1) is 23.2. The van der Waals surface area contributed by atoms with Gasteiger partial charge in [-0.25, -0.2) is 8.42 Å². The molecular weight excluding hydrogens is 440 g/mol. The van der Waals surface area contributed by atoms with Gasteiger partial charge >= 0.3 is 5.97 Å². The van der Waals surface area contributed by atoms with Crippen LogP contribution in [-0.2, 0) is 30.8 Å². The molecule has 3 rings (SSSR count). The molecule has 0 aromatic heterocycles. The molecule has 1 unspecified atom stereocenters. The molecular formula is C22H25ClN2O5S. The molecule has 0 bridgehead atoms. The average molecular weight is 465 g/mol. The molecule has 1 aliphatic heterocycles. The highest BCUT2D eigenvalue weighted by atomic mass is 35.5. The number of hydrogen-bond acceptors (Lipinski definition) is 5. The molecule has 166 valence electrons. The maximum absolute atomic E-state index is 12.9. The normalized spacial score (nSPS) is 17.2. The van der Waals surface area contributed by atoms with E-state index < -0.39 is 15.9 Å². The fourth-order valence-electron chi connectivity index (χ4n) is 3.46. The summed E-state index contributed by atoms with van der Waals surface area (Å²) in [5.74, 6) is -0.979. The van der Waals surface area contributed by atoms with Crippen LogP contribution in [0.3, 0.4) is 0 Å². The highest BCUT2D eigenvalue weighted by Gasteiger charge is 2.33. The molecule has 2 aromatic rings. The van der Waals surface area contributed by atoms with Crippen molar-refractivity contribution in [3.63, 3.8) is 0 Å². The number of carbonyl (C=O) groups excluding carboxylic acids is 2. The van der Waals surface area contributed by atoms with Crippen molar-refractivity contribution in [1.29, 1.82) is 0 Å². The number of nitrogens with zero attached hydrogens (tertiary/aromatic N) is 1. The molecule has 0 spiro atoms. The zero-order valence-corrected chi connectivity index (χ0v) is 18.8. The summed E-state index contributed by atoms with van der Waals surface area (Å²) in [4.78, 5) is 24.5. The van der Waals surface area contributed by atoms with E-state index in [4.69, 9.17) is 16.3 Å². The molecule has 9 heteroatoms. The molecule has 0 aliphatic carbocycles. The second kappa shape index (κ2) is 10.3. The minimum Gasteiger partial charge on any atom is -0.466 e. The number of halogens is 1. The number of sulfonamides is 1. The van der Waals surface area contributed by atoms with Crippen molar-refractivity contribution in [3.8, 4) is 0 Å². The van der Waals surface area contributed by atoms with Crippen LogP contribution in [0.25, 0.3) is 0 Å². The molecule has 7 nitrogen and oxygen atoms in total. The Morgan fingerprint density at radius 3 is 2.45 bits per heavy atom. The largest absolute Gasteiger partial charge is 0.466 e. The molecule has 1 amide bonds. The van der Waals surface area contributed by atoms with Crippen LogP contribution in [0.1, 0.15) is 25.3 Å². The Bertz CT molecular complexity index is 1020. The van der Waals surface area contributed by atoms with Gasteiger partial charge in [-0.3, -0.25) is 9.59 Å². The Kier molecular flexibility index (Phi) is 7.69. The van der Waals surface area contributed by atoms with E-state index in [1.165, 1.54) is 28.6 Å². The zero-order valence-electron chi connectivity index (χ0n) is 17.2. The number of piperidine rings is 1. The predicted octanol–water partition coefficient (Wildman–Crippen LogP) is 3.49. The summed E-state index contributed by atoms with van der Waals surface area (Å²) in [6, 6.07) is 13.0. The van der Waals surface area contributed by atoms with Crippen molar-refractivity contribution >= 4 is 39.2 Å². The molecule has 1 saturated heterocycles. The summed E-state index contributed by atoms with van der Waals surface area (Å²) in [5, 5.41) is 3.30. The van der Waals surface area contributed by atoms with E-state index in [1.54, 1.807) is 31.2 Å². The highest BCUT2D eigenvalue weighted by Crippen LogP contribution is 2.25. The SMILES string of the molecule is CCOC(=O)Cc1ccc(NC(=O)C2CCCN(S(=O)(=O)c3ccc(Cl)cc3)C2)cc1. The number of esters is 1. The van der Waals surface area contributed by atoms with E-state index in [9.17, 15) is 18.0 Å². The Balaban J connectivity index is 1.62. The first-order valence-electron chi connectivity index (χ1n) is 10.1.